The predicted molar refractivity (Wildman–Crippen MR) is 130 cm³/mol. The number of fused-ring (bicyclic) bond motifs is 1. The molecule has 1 fully saturated rings. The van der Waals surface area contributed by atoms with Crippen molar-refractivity contribution in [2.75, 3.05) is 38.2 Å². The molecular weight excluding hydrogens is 434 g/mol. The molecule has 0 aliphatic carbocycles. The molecule has 9 heteroatoms. The molecule has 1 aliphatic rings. The highest BCUT2D eigenvalue weighted by atomic mass is 16.5. The number of methoxy groups -OCH3 is 1. The van der Waals surface area contributed by atoms with Crippen molar-refractivity contribution in [3.05, 3.63) is 70.0 Å². The lowest BCUT2D eigenvalue weighted by Gasteiger charge is -2.35. The molecule has 2 aromatic carbocycles. The average Bonchev–Trinajstić information content (AvgIpc) is 2.86. The van der Waals surface area contributed by atoms with Crippen LogP contribution < -0.4 is 15.8 Å². The number of esters is 1. The zero-order valence-corrected chi connectivity index (χ0v) is 19.7. The zero-order valence-electron chi connectivity index (χ0n) is 19.7. The van der Waals surface area contributed by atoms with E-state index >= 15 is 0 Å². The smallest absolute Gasteiger partial charge is 0.328 e. The molecule has 1 aromatic heterocycles. The summed E-state index contributed by atoms with van der Waals surface area (Å²) in [5.74, 6) is -0.115. The summed E-state index contributed by atoms with van der Waals surface area (Å²) in [6.07, 6.45) is 0. The highest BCUT2D eigenvalue weighted by molar-refractivity contribution is 5.83. The van der Waals surface area contributed by atoms with E-state index in [2.05, 4.69) is 15.0 Å². The van der Waals surface area contributed by atoms with E-state index in [0.29, 0.717) is 38.5 Å². The quantitative estimate of drug-likeness (QED) is 0.583. The van der Waals surface area contributed by atoms with E-state index < -0.39 is 12.0 Å². The monoisotopic (exact) mass is 463 g/mol. The van der Waals surface area contributed by atoms with Gasteiger partial charge in [-0.15, -0.1) is 0 Å². The summed E-state index contributed by atoms with van der Waals surface area (Å²) in [4.78, 5) is 45.9. The highest BCUT2D eigenvalue weighted by Crippen LogP contribution is 2.17. The number of hydrogen-bond donors (Lipinski definition) is 1. The molecule has 0 bridgehead atoms. The first-order valence-corrected chi connectivity index (χ1v) is 11.3. The van der Waals surface area contributed by atoms with Gasteiger partial charge in [-0.1, -0.05) is 42.0 Å². The number of nitrogens with one attached hydrogen (secondary N) is 1. The van der Waals surface area contributed by atoms with Crippen molar-refractivity contribution < 1.29 is 14.3 Å². The first kappa shape index (κ1) is 23.3. The first-order valence-electron chi connectivity index (χ1n) is 11.3. The number of hydrogen-bond acceptors (Lipinski definition) is 6. The number of benzene rings is 2. The van der Waals surface area contributed by atoms with Crippen molar-refractivity contribution in [3.63, 3.8) is 0 Å². The van der Waals surface area contributed by atoms with Crippen LogP contribution in [0.15, 0.2) is 53.3 Å². The van der Waals surface area contributed by atoms with Gasteiger partial charge in [-0.3, -0.25) is 9.36 Å². The molecule has 4 rings (SSSR count). The molecule has 0 saturated carbocycles. The van der Waals surface area contributed by atoms with Gasteiger partial charge in [-0.25, -0.2) is 14.6 Å². The van der Waals surface area contributed by atoms with E-state index in [-0.39, 0.29) is 11.6 Å². The molecule has 34 heavy (non-hydrogen) atoms. The molecule has 1 N–H and O–H groups in total. The van der Waals surface area contributed by atoms with Gasteiger partial charge in [0.15, 0.2) is 5.82 Å². The number of nitrogens with zero attached hydrogens (tertiary/aromatic N) is 4. The largest absolute Gasteiger partial charge is 0.467 e. The summed E-state index contributed by atoms with van der Waals surface area (Å²) in [5.41, 5.74) is 3.58. The molecule has 2 heterocycles. The Kier molecular flexibility index (Phi) is 6.81. The summed E-state index contributed by atoms with van der Waals surface area (Å²) in [5, 5.41) is 2.64. The molecule has 1 atom stereocenters. The second-order valence-electron chi connectivity index (χ2n) is 8.47. The van der Waals surface area contributed by atoms with E-state index in [1.807, 2.05) is 60.4 Å². The van der Waals surface area contributed by atoms with Gasteiger partial charge in [0, 0.05) is 26.2 Å². The highest BCUT2D eigenvalue weighted by Gasteiger charge is 2.26. The molecule has 0 spiro atoms. The van der Waals surface area contributed by atoms with Crippen LogP contribution in [0.2, 0.25) is 0 Å². The number of aryl methyl sites for hydroxylation is 1. The number of piperazine rings is 1. The van der Waals surface area contributed by atoms with Gasteiger partial charge in [0.05, 0.1) is 24.7 Å². The molecule has 178 valence electrons. The number of amides is 2. The molecule has 3 aromatic rings. The van der Waals surface area contributed by atoms with Crippen LogP contribution in [0.25, 0.3) is 11.0 Å². The Labute approximate surface area is 197 Å². The fourth-order valence-corrected chi connectivity index (χ4v) is 4.05. The minimum Gasteiger partial charge on any atom is -0.467 e. The maximum atomic E-state index is 13.5. The van der Waals surface area contributed by atoms with E-state index in [4.69, 9.17) is 0 Å². The van der Waals surface area contributed by atoms with Crippen molar-refractivity contribution in [2.24, 2.45) is 0 Å². The van der Waals surface area contributed by atoms with Crippen LogP contribution in [0.1, 0.15) is 18.1 Å². The Morgan fingerprint density at radius 2 is 1.74 bits per heavy atom. The first-order chi connectivity index (χ1) is 16.4. The minimum atomic E-state index is -0.730. The zero-order chi connectivity index (χ0) is 24.2. The normalized spacial score (nSPS) is 14.7. The van der Waals surface area contributed by atoms with Crippen LogP contribution in [0.4, 0.5) is 10.6 Å². The molecule has 1 unspecified atom stereocenters. The van der Waals surface area contributed by atoms with Crippen LogP contribution in [0.5, 0.6) is 0 Å². The number of carbonyl (C=O) groups excluding carboxylic acids is 2. The van der Waals surface area contributed by atoms with E-state index in [9.17, 15) is 14.4 Å². The third-order valence-corrected chi connectivity index (χ3v) is 6.06. The van der Waals surface area contributed by atoms with Gasteiger partial charge in [0.2, 0.25) is 0 Å². The molecule has 1 saturated heterocycles. The molecular formula is C25H29N5O4. The number of rotatable bonds is 5. The fraction of sp³-hybridized carbons (Fsp3) is 0.360. The Balaban J connectivity index is 1.55. The van der Waals surface area contributed by atoms with Crippen molar-refractivity contribution in [1.82, 2.24) is 19.8 Å². The number of para-hydroxylation sites is 2. The van der Waals surface area contributed by atoms with Crippen molar-refractivity contribution in [1.29, 1.82) is 0 Å². The lowest BCUT2D eigenvalue weighted by Crippen LogP contribution is -2.55. The summed E-state index contributed by atoms with van der Waals surface area (Å²) >= 11 is 0. The van der Waals surface area contributed by atoms with E-state index in [0.717, 1.165) is 16.6 Å². The van der Waals surface area contributed by atoms with Crippen LogP contribution in [-0.4, -0.2) is 65.8 Å². The second-order valence-corrected chi connectivity index (χ2v) is 8.47. The molecule has 1 aliphatic heterocycles. The Hall–Kier alpha value is -3.88. The number of urea groups is 1. The van der Waals surface area contributed by atoms with E-state index in [1.54, 1.807) is 16.4 Å². The number of aromatic nitrogens is 2. The predicted octanol–water partition coefficient (Wildman–Crippen LogP) is 2.15. The summed E-state index contributed by atoms with van der Waals surface area (Å²) in [6, 6.07) is 14.7. The van der Waals surface area contributed by atoms with Gasteiger partial charge in [-0.2, -0.15) is 0 Å². The lowest BCUT2D eigenvalue weighted by atomic mass is 10.1. The van der Waals surface area contributed by atoms with Gasteiger partial charge < -0.3 is 19.9 Å². The van der Waals surface area contributed by atoms with Crippen molar-refractivity contribution in [2.45, 2.75) is 26.4 Å². The van der Waals surface area contributed by atoms with Crippen LogP contribution in [-0.2, 0) is 16.1 Å². The SMILES string of the molecule is COC(=O)C(C)NC(=O)N1CCN(c2nc3ccccc3n(Cc3ccc(C)cc3)c2=O)CC1. The average molecular weight is 464 g/mol. The molecule has 2 amide bonds. The Bertz CT molecular complexity index is 1250. The topological polar surface area (TPSA) is 96.8 Å². The third-order valence-electron chi connectivity index (χ3n) is 6.06. The lowest BCUT2D eigenvalue weighted by molar-refractivity contribution is -0.142. The van der Waals surface area contributed by atoms with Crippen LogP contribution in [0.3, 0.4) is 0 Å². The molecule has 0 radical (unpaired) electrons. The third kappa shape index (κ3) is 4.88. The maximum absolute atomic E-state index is 13.5. The summed E-state index contributed by atoms with van der Waals surface area (Å²) in [7, 11) is 1.28. The number of anilines is 1. The minimum absolute atomic E-state index is 0.156. The van der Waals surface area contributed by atoms with Crippen molar-refractivity contribution in [3.8, 4) is 0 Å². The van der Waals surface area contributed by atoms with Crippen LogP contribution in [0, 0.1) is 6.92 Å². The Morgan fingerprint density at radius 3 is 2.41 bits per heavy atom. The van der Waals surface area contributed by atoms with Gasteiger partial charge in [-0.05, 0) is 31.5 Å². The van der Waals surface area contributed by atoms with Gasteiger partial charge >= 0.3 is 12.0 Å². The maximum Gasteiger partial charge on any atom is 0.328 e. The standard InChI is InChI=1S/C25H29N5O4/c1-17-8-10-19(11-9-17)16-30-21-7-5-4-6-20(21)27-22(23(30)31)28-12-14-29(15-13-28)25(33)26-18(2)24(32)34-3/h4-11,18H,12-16H2,1-3H3,(H,26,33). The van der Waals surface area contributed by atoms with E-state index in [1.165, 1.54) is 12.7 Å². The van der Waals surface area contributed by atoms with Crippen LogP contribution >= 0.6 is 0 Å². The number of ether oxygens (including phenoxy) is 1. The Morgan fingerprint density at radius 1 is 1.06 bits per heavy atom. The summed E-state index contributed by atoms with van der Waals surface area (Å²) in [6.45, 7) is 5.80. The second kappa shape index (κ2) is 9.94. The summed E-state index contributed by atoms with van der Waals surface area (Å²) < 4.78 is 6.42. The van der Waals surface area contributed by atoms with Gasteiger partial charge in [0.1, 0.15) is 6.04 Å². The van der Waals surface area contributed by atoms with Crippen molar-refractivity contribution >= 4 is 28.9 Å². The van der Waals surface area contributed by atoms with Gasteiger partial charge in [0.25, 0.3) is 5.56 Å². The number of carbonyl (C=O) groups is 2. The fourth-order valence-electron chi connectivity index (χ4n) is 4.05. The molecule has 9 nitrogen and oxygen atoms in total.